The van der Waals surface area contributed by atoms with Gasteiger partial charge in [-0.1, -0.05) is 48.6 Å². The molecule has 0 saturated heterocycles. The van der Waals surface area contributed by atoms with Crippen molar-refractivity contribution < 1.29 is 5.11 Å². The van der Waals surface area contributed by atoms with Gasteiger partial charge in [-0.25, -0.2) is 0 Å². The Morgan fingerprint density at radius 2 is 1.64 bits per heavy atom. The molecular weight excluding hydrogens is 308 g/mol. The van der Waals surface area contributed by atoms with Crippen molar-refractivity contribution >= 4 is 10.8 Å². The van der Waals surface area contributed by atoms with Crippen molar-refractivity contribution in [2.75, 3.05) is 13.1 Å². The van der Waals surface area contributed by atoms with Crippen LogP contribution >= 0.6 is 0 Å². The third kappa shape index (κ3) is 3.78. The number of phenols is 1. The van der Waals surface area contributed by atoms with Gasteiger partial charge in [0.2, 0.25) is 0 Å². The molecule has 0 fully saturated rings. The summed E-state index contributed by atoms with van der Waals surface area (Å²) < 4.78 is 0. The minimum Gasteiger partial charge on any atom is -0.507 e. The van der Waals surface area contributed by atoms with Crippen molar-refractivity contribution in [1.82, 2.24) is 9.88 Å². The van der Waals surface area contributed by atoms with Crippen molar-refractivity contribution in [2.45, 2.75) is 6.54 Å². The highest BCUT2D eigenvalue weighted by Gasteiger charge is 2.08. The highest BCUT2D eigenvalue weighted by atomic mass is 16.3. The first-order chi connectivity index (χ1) is 12.2. The Morgan fingerprint density at radius 3 is 2.32 bits per heavy atom. The van der Waals surface area contributed by atoms with E-state index in [1.165, 1.54) is 5.56 Å². The number of aromatic nitrogens is 1. The lowest BCUT2D eigenvalue weighted by atomic mass is 10.0. The second-order valence-electron chi connectivity index (χ2n) is 6.00. The molecule has 0 aliphatic heterocycles. The van der Waals surface area contributed by atoms with Crippen LogP contribution in [0, 0.1) is 0 Å². The lowest BCUT2D eigenvalue weighted by Gasteiger charge is -2.18. The standard InChI is InChI=1S/C22H22N2O/c1-3-14-24(15-4-2)16-17-8-10-18(11-9-17)22-20-6-5-7-21(25)19(20)12-13-23-22/h3-13,25H,1-2,14-16H2. The summed E-state index contributed by atoms with van der Waals surface area (Å²) in [5.74, 6) is 0.280. The molecule has 0 aliphatic carbocycles. The normalized spacial score (nSPS) is 10.9. The summed E-state index contributed by atoms with van der Waals surface area (Å²) in [7, 11) is 0. The van der Waals surface area contributed by atoms with Gasteiger partial charge in [-0.05, 0) is 17.7 Å². The Morgan fingerprint density at radius 1 is 0.920 bits per heavy atom. The lowest BCUT2D eigenvalue weighted by Crippen LogP contribution is -2.23. The molecule has 3 rings (SSSR count). The van der Waals surface area contributed by atoms with Crippen LogP contribution in [0.25, 0.3) is 22.0 Å². The first-order valence-corrected chi connectivity index (χ1v) is 8.33. The van der Waals surface area contributed by atoms with Crippen LogP contribution in [0.5, 0.6) is 5.75 Å². The first kappa shape index (κ1) is 16.9. The van der Waals surface area contributed by atoms with Gasteiger partial charge in [0.1, 0.15) is 5.75 Å². The molecule has 25 heavy (non-hydrogen) atoms. The van der Waals surface area contributed by atoms with Gasteiger partial charge in [0, 0.05) is 42.2 Å². The predicted octanol–water partition coefficient (Wildman–Crippen LogP) is 4.78. The van der Waals surface area contributed by atoms with Gasteiger partial charge in [0.15, 0.2) is 0 Å². The minimum atomic E-state index is 0.280. The lowest BCUT2D eigenvalue weighted by molar-refractivity contribution is 0.328. The number of pyridine rings is 1. The van der Waals surface area contributed by atoms with Gasteiger partial charge < -0.3 is 5.11 Å². The molecule has 126 valence electrons. The Labute approximate surface area is 148 Å². The van der Waals surface area contributed by atoms with E-state index >= 15 is 0 Å². The maximum absolute atomic E-state index is 10.0. The van der Waals surface area contributed by atoms with Crippen molar-refractivity contribution in [3.05, 3.63) is 85.6 Å². The van der Waals surface area contributed by atoms with Crippen LogP contribution in [0.15, 0.2) is 80.0 Å². The highest BCUT2D eigenvalue weighted by molar-refractivity contribution is 5.97. The van der Waals surface area contributed by atoms with Crippen LogP contribution in [0.4, 0.5) is 0 Å². The van der Waals surface area contributed by atoms with E-state index in [1.807, 2.05) is 30.4 Å². The molecule has 0 spiro atoms. The maximum atomic E-state index is 10.0. The summed E-state index contributed by atoms with van der Waals surface area (Å²) in [6.45, 7) is 10.1. The molecule has 0 atom stereocenters. The number of hydrogen-bond acceptors (Lipinski definition) is 3. The fourth-order valence-electron chi connectivity index (χ4n) is 3.02. The third-order valence-corrected chi connectivity index (χ3v) is 4.19. The monoisotopic (exact) mass is 330 g/mol. The molecule has 0 bridgehead atoms. The number of nitrogens with zero attached hydrogens (tertiary/aromatic N) is 2. The summed E-state index contributed by atoms with van der Waals surface area (Å²) in [5.41, 5.74) is 3.16. The van der Waals surface area contributed by atoms with Crippen molar-refractivity contribution in [1.29, 1.82) is 0 Å². The van der Waals surface area contributed by atoms with E-state index in [1.54, 1.807) is 12.3 Å². The van der Waals surface area contributed by atoms with E-state index in [2.05, 4.69) is 47.3 Å². The smallest absolute Gasteiger partial charge is 0.123 e. The fraction of sp³-hybridized carbons (Fsp3) is 0.136. The second kappa shape index (κ2) is 7.77. The summed E-state index contributed by atoms with van der Waals surface area (Å²) in [5, 5.41) is 11.8. The molecule has 3 nitrogen and oxygen atoms in total. The zero-order valence-corrected chi connectivity index (χ0v) is 14.2. The molecule has 0 saturated carbocycles. The zero-order valence-electron chi connectivity index (χ0n) is 14.2. The van der Waals surface area contributed by atoms with Crippen LogP contribution in [0.1, 0.15) is 5.56 Å². The molecule has 0 aliphatic rings. The van der Waals surface area contributed by atoms with Gasteiger partial charge in [-0.3, -0.25) is 9.88 Å². The number of rotatable bonds is 7. The number of fused-ring (bicyclic) bond motifs is 1. The summed E-state index contributed by atoms with van der Waals surface area (Å²) in [6.07, 6.45) is 5.55. The largest absolute Gasteiger partial charge is 0.507 e. The SMILES string of the molecule is C=CCN(CC=C)Cc1ccc(-c2nccc3c(O)cccc23)cc1. The van der Waals surface area contributed by atoms with Crippen LogP contribution < -0.4 is 0 Å². The Balaban J connectivity index is 1.89. The van der Waals surface area contributed by atoms with E-state index in [9.17, 15) is 5.11 Å². The van der Waals surface area contributed by atoms with E-state index in [4.69, 9.17) is 0 Å². The van der Waals surface area contributed by atoms with E-state index in [0.717, 1.165) is 41.7 Å². The quantitative estimate of drug-likeness (QED) is 0.633. The number of hydrogen-bond donors (Lipinski definition) is 1. The number of phenolic OH excluding ortho intramolecular Hbond substituents is 1. The van der Waals surface area contributed by atoms with Crippen molar-refractivity contribution in [3.63, 3.8) is 0 Å². The van der Waals surface area contributed by atoms with Gasteiger partial charge in [-0.2, -0.15) is 0 Å². The molecule has 3 heteroatoms. The molecular formula is C22H22N2O. The minimum absolute atomic E-state index is 0.280. The molecule has 1 N–H and O–H groups in total. The summed E-state index contributed by atoms with van der Waals surface area (Å²) >= 11 is 0. The summed E-state index contributed by atoms with van der Waals surface area (Å²) in [4.78, 5) is 6.79. The van der Waals surface area contributed by atoms with Crippen LogP contribution in [0.2, 0.25) is 0 Å². The zero-order chi connectivity index (χ0) is 17.6. The Bertz CT molecular complexity index is 874. The van der Waals surface area contributed by atoms with Crippen LogP contribution in [0.3, 0.4) is 0 Å². The second-order valence-corrected chi connectivity index (χ2v) is 6.00. The number of aromatic hydroxyl groups is 1. The van der Waals surface area contributed by atoms with Gasteiger partial charge in [0.25, 0.3) is 0 Å². The predicted molar refractivity (Wildman–Crippen MR) is 105 cm³/mol. The molecule has 1 aromatic heterocycles. The average molecular weight is 330 g/mol. The Kier molecular flexibility index (Phi) is 5.26. The van der Waals surface area contributed by atoms with Gasteiger partial charge in [0.05, 0.1) is 5.69 Å². The van der Waals surface area contributed by atoms with Crippen molar-refractivity contribution in [2.24, 2.45) is 0 Å². The van der Waals surface area contributed by atoms with E-state index in [0.29, 0.717) is 0 Å². The molecule has 0 radical (unpaired) electrons. The maximum Gasteiger partial charge on any atom is 0.123 e. The van der Waals surface area contributed by atoms with Crippen LogP contribution in [-0.2, 0) is 6.54 Å². The highest BCUT2D eigenvalue weighted by Crippen LogP contribution is 2.31. The molecule has 0 amide bonds. The number of benzene rings is 2. The third-order valence-electron chi connectivity index (χ3n) is 4.19. The van der Waals surface area contributed by atoms with Crippen molar-refractivity contribution in [3.8, 4) is 17.0 Å². The van der Waals surface area contributed by atoms with E-state index < -0.39 is 0 Å². The Hall–Kier alpha value is -2.91. The van der Waals surface area contributed by atoms with Crippen LogP contribution in [-0.4, -0.2) is 28.1 Å². The topological polar surface area (TPSA) is 36.4 Å². The van der Waals surface area contributed by atoms with Gasteiger partial charge >= 0.3 is 0 Å². The summed E-state index contributed by atoms with van der Waals surface area (Å²) in [6, 6.07) is 15.8. The van der Waals surface area contributed by atoms with Gasteiger partial charge in [-0.15, -0.1) is 13.2 Å². The first-order valence-electron chi connectivity index (χ1n) is 8.33. The average Bonchev–Trinajstić information content (AvgIpc) is 2.63. The fourth-order valence-corrected chi connectivity index (χ4v) is 3.02. The molecule has 1 heterocycles. The molecule has 3 aromatic rings. The van der Waals surface area contributed by atoms with E-state index in [-0.39, 0.29) is 5.75 Å². The molecule has 2 aromatic carbocycles. The molecule has 0 unspecified atom stereocenters.